The summed E-state index contributed by atoms with van der Waals surface area (Å²) < 4.78 is 43.0. The predicted molar refractivity (Wildman–Crippen MR) is 83.4 cm³/mol. The third-order valence-electron chi connectivity index (χ3n) is 3.22. The summed E-state index contributed by atoms with van der Waals surface area (Å²) in [5.74, 6) is 0.473. The smallest absolute Gasteiger partial charge is 0.416 e. The van der Waals surface area contributed by atoms with Crippen molar-refractivity contribution in [2.45, 2.75) is 12.7 Å². The number of halogens is 4. The van der Waals surface area contributed by atoms with E-state index in [9.17, 15) is 23.3 Å². The zero-order valence-corrected chi connectivity index (χ0v) is 13.1. The standard InChI is InChI=1S/C15H12ClF3N2O3/c1-24-14-5-2-9(6-11(14)16)8-20-12-4-3-10(15(17,18)19)7-13(12)21(22)23/h2-7,20H,8H2,1H3. The average Bonchev–Trinajstić information content (AvgIpc) is 2.51. The van der Waals surface area contributed by atoms with Gasteiger partial charge in [0.25, 0.3) is 5.69 Å². The molecule has 2 aromatic carbocycles. The number of nitro benzene ring substituents is 1. The van der Waals surface area contributed by atoms with E-state index in [-0.39, 0.29) is 12.2 Å². The Bertz CT molecular complexity index is 766. The zero-order chi connectivity index (χ0) is 17.9. The highest BCUT2D eigenvalue weighted by Crippen LogP contribution is 2.35. The van der Waals surface area contributed by atoms with E-state index in [1.807, 2.05) is 0 Å². The maximum atomic E-state index is 12.7. The Morgan fingerprint density at radius 2 is 1.96 bits per heavy atom. The number of hydrogen-bond donors (Lipinski definition) is 1. The topological polar surface area (TPSA) is 64.4 Å². The monoisotopic (exact) mass is 360 g/mol. The molecule has 9 heteroatoms. The Hall–Kier alpha value is -2.48. The quantitative estimate of drug-likeness (QED) is 0.609. The van der Waals surface area contributed by atoms with E-state index in [0.717, 1.165) is 12.1 Å². The highest BCUT2D eigenvalue weighted by Gasteiger charge is 2.33. The van der Waals surface area contributed by atoms with Gasteiger partial charge in [0.2, 0.25) is 0 Å². The van der Waals surface area contributed by atoms with Crippen molar-refractivity contribution in [3.05, 3.63) is 62.7 Å². The number of benzene rings is 2. The van der Waals surface area contributed by atoms with Gasteiger partial charge >= 0.3 is 6.18 Å². The fraction of sp³-hybridized carbons (Fsp3) is 0.200. The molecule has 0 aromatic heterocycles. The van der Waals surface area contributed by atoms with Crippen molar-refractivity contribution in [3.63, 3.8) is 0 Å². The molecule has 24 heavy (non-hydrogen) atoms. The van der Waals surface area contributed by atoms with Crippen LogP contribution in [-0.2, 0) is 12.7 Å². The molecule has 0 saturated carbocycles. The van der Waals surface area contributed by atoms with Gasteiger partial charge in [-0.25, -0.2) is 0 Å². The first-order valence-electron chi connectivity index (χ1n) is 6.64. The number of ether oxygens (including phenoxy) is 1. The minimum atomic E-state index is -4.65. The minimum absolute atomic E-state index is 0.0139. The normalized spacial score (nSPS) is 11.2. The van der Waals surface area contributed by atoms with E-state index < -0.39 is 22.4 Å². The zero-order valence-electron chi connectivity index (χ0n) is 12.4. The van der Waals surface area contributed by atoms with Gasteiger partial charge in [-0.2, -0.15) is 13.2 Å². The number of nitro groups is 1. The van der Waals surface area contributed by atoms with Crippen molar-refractivity contribution in [2.24, 2.45) is 0 Å². The van der Waals surface area contributed by atoms with Crippen LogP contribution in [0.3, 0.4) is 0 Å². The van der Waals surface area contributed by atoms with Crippen molar-refractivity contribution in [2.75, 3.05) is 12.4 Å². The Labute approximate surface area is 140 Å². The molecule has 0 unspecified atom stereocenters. The molecule has 2 rings (SSSR count). The molecule has 0 aliphatic rings. The first-order chi connectivity index (χ1) is 11.2. The van der Waals surface area contributed by atoms with Gasteiger partial charge in [0.05, 0.1) is 22.6 Å². The van der Waals surface area contributed by atoms with Crippen LogP contribution >= 0.6 is 11.6 Å². The molecule has 0 aliphatic heterocycles. The molecule has 0 radical (unpaired) electrons. The molecule has 0 saturated heterocycles. The van der Waals surface area contributed by atoms with Gasteiger partial charge in [0.1, 0.15) is 11.4 Å². The van der Waals surface area contributed by atoms with Crippen molar-refractivity contribution < 1.29 is 22.8 Å². The summed E-state index contributed by atoms with van der Waals surface area (Å²) in [6.07, 6.45) is -4.65. The summed E-state index contributed by atoms with van der Waals surface area (Å²) in [5.41, 5.74) is -1.05. The molecule has 0 fully saturated rings. The van der Waals surface area contributed by atoms with Crippen LogP contribution in [0.1, 0.15) is 11.1 Å². The summed E-state index contributed by atoms with van der Waals surface area (Å²) in [4.78, 5) is 10.1. The van der Waals surface area contributed by atoms with E-state index in [1.165, 1.54) is 7.11 Å². The third kappa shape index (κ3) is 4.08. The number of hydrogen-bond acceptors (Lipinski definition) is 4. The van der Waals surface area contributed by atoms with Crippen molar-refractivity contribution in [1.82, 2.24) is 0 Å². The van der Waals surface area contributed by atoms with Crippen LogP contribution in [0.15, 0.2) is 36.4 Å². The highest BCUT2D eigenvalue weighted by molar-refractivity contribution is 6.32. The molecule has 0 bridgehead atoms. The molecule has 128 valence electrons. The minimum Gasteiger partial charge on any atom is -0.495 e. The Kier molecular flexibility index (Phi) is 5.18. The predicted octanol–water partition coefficient (Wildman–Crippen LogP) is 4.89. The summed E-state index contributed by atoms with van der Waals surface area (Å²) in [6, 6.07) is 7.24. The Morgan fingerprint density at radius 3 is 2.50 bits per heavy atom. The molecular formula is C15H12ClF3N2O3. The number of nitrogens with one attached hydrogen (secondary N) is 1. The van der Waals surface area contributed by atoms with Gasteiger partial charge in [-0.05, 0) is 29.8 Å². The van der Waals surface area contributed by atoms with Gasteiger partial charge < -0.3 is 10.1 Å². The maximum Gasteiger partial charge on any atom is 0.416 e. The molecule has 1 N–H and O–H groups in total. The first-order valence-corrected chi connectivity index (χ1v) is 7.02. The lowest BCUT2D eigenvalue weighted by Crippen LogP contribution is -2.08. The largest absolute Gasteiger partial charge is 0.495 e. The van der Waals surface area contributed by atoms with Crippen LogP contribution in [0.4, 0.5) is 24.5 Å². The van der Waals surface area contributed by atoms with Gasteiger partial charge in [0, 0.05) is 12.6 Å². The van der Waals surface area contributed by atoms with Gasteiger partial charge in [0.15, 0.2) is 0 Å². The van der Waals surface area contributed by atoms with E-state index in [0.29, 0.717) is 22.4 Å². The molecule has 5 nitrogen and oxygen atoms in total. The molecule has 0 heterocycles. The SMILES string of the molecule is COc1ccc(CNc2ccc(C(F)(F)F)cc2[N+](=O)[O-])cc1Cl. The number of anilines is 1. The van der Waals surface area contributed by atoms with Gasteiger partial charge in [-0.15, -0.1) is 0 Å². The molecule has 0 spiro atoms. The summed E-state index contributed by atoms with van der Waals surface area (Å²) in [7, 11) is 1.46. The number of nitrogens with zero attached hydrogens (tertiary/aromatic N) is 1. The van der Waals surface area contributed by atoms with Crippen LogP contribution in [-0.4, -0.2) is 12.0 Å². The third-order valence-corrected chi connectivity index (χ3v) is 3.52. The lowest BCUT2D eigenvalue weighted by molar-refractivity contribution is -0.384. The van der Waals surface area contributed by atoms with Crippen molar-refractivity contribution in [1.29, 1.82) is 0 Å². The van der Waals surface area contributed by atoms with Crippen LogP contribution in [0.25, 0.3) is 0 Å². The molecule has 0 amide bonds. The number of alkyl halides is 3. The maximum absolute atomic E-state index is 12.7. The van der Waals surface area contributed by atoms with Crippen LogP contribution < -0.4 is 10.1 Å². The molecule has 2 aromatic rings. The Morgan fingerprint density at radius 1 is 1.25 bits per heavy atom. The van der Waals surface area contributed by atoms with E-state index in [4.69, 9.17) is 16.3 Å². The van der Waals surface area contributed by atoms with E-state index in [2.05, 4.69) is 5.32 Å². The molecular weight excluding hydrogens is 349 g/mol. The fourth-order valence-corrected chi connectivity index (χ4v) is 2.31. The Balaban J connectivity index is 2.23. The van der Waals surface area contributed by atoms with Crippen LogP contribution in [0, 0.1) is 10.1 Å². The van der Waals surface area contributed by atoms with E-state index in [1.54, 1.807) is 18.2 Å². The summed E-state index contributed by atoms with van der Waals surface area (Å²) in [5, 5.41) is 14.1. The van der Waals surface area contributed by atoms with E-state index >= 15 is 0 Å². The lowest BCUT2D eigenvalue weighted by atomic mass is 10.1. The fourth-order valence-electron chi connectivity index (χ4n) is 2.03. The van der Waals surface area contributed by atoms with Gasteiger partial charge in [-0.3, -0.25) is 10.1 Å². The average molecular weight is 361 g/mol. The number of rotatable bonds is 5. The highest BCUT2D eigenvalue weighted by atomic mass is 35.5. The summed E-state index contributed by atoms with van der Waals surface area (Å²) in [6.45, 7) is 0.149. The number of methoxy groups -OCH3 is 1. The van der Waals surface area contributed by atoms with Crippen LogP contribution in [0.2, 0.25) is 5.02 Å². The second-order valence-corrected chi connectivity index (χ2v) is 5.22. The van der Waals surface area contributed by atoms with Gasteiger partial charge in [-0.1, -0.05) is 17.7 Å². The first kappa shape index (κ1) is 17.9. The molecule has 0 aliphatic carbocycles. The second-order valence-electron chi connectivity index (χ2n) is 4.81. The second kappa shape index (κ2) is 6.96. The lowest BCUT2D eigenvalue weighted by Gasteiger charge is -2.11. The van der Waals surface area contributed by atoms with Crippen LogP contribution in [0.5, 0.6) is 5.75 Å². The molecule has 0 atom stereocenters. The van der Waals surface area contributed by atoms with Crippen molar-refractivity contribution in [3.8, 4) is 5.75 Å². The van der Waals surface area contributed by atoms with Crippen molar-refractivity contribution >= 4 is 23.0 Å². The summed E-state index contributed by atoms with van der Waals surface area (Å²) >= 11 is 5.98.